The second-order valence-corrected chi connectivity index (χ2v) is 4.99. The van der Waals surface area contributed by atoms with Gasteiger partial charge in [0.15, 0.2) is 0 Å². The molecular formula is C11H16N6S. The molecule has 7 heteroatoms. The maximum Gasteiger partial charge on any atom is 0.143 e. The maximum absolute atomic E-state index is 5.36. The van der Waals surface area contributed by atoms with Crippen LogP contribution in [0.4, 0.5) is 5.82 Å². The number of anilines is 1. The Kier molecular flexibility index (Phi) is 3.83. The topological polar surface area (TPSA) is 81.6 Å². The molecule has 0 spiro atoms. The van der Waals surface area contributed by atoms with Gasteiger partial charge >= 0.3 is 0 Å². The summed E-state index contributed by atoms with van der Waals surface area (Å²) < 4.78 is 1.86. The first kappa shape index (κ1) is 12.8. The van der Waals surface area contributed by atoms with E-state index in [-0.39, 0.29) is 0 Å². The molecule has 2 rings (SSSR count). The Balaban J connectivity index is 2.10. The summed E-state index contributed by atoms with van der Waals surface area (Å²) in [6.45, 7) is 3.90. The van der Waals surface area contributed by atoms with Crippen LogP contribution in [0, 0.1) is 13.8 Å². The summed E-state index contributed by atoms with van der Waals surface area (Å²) in [5, 5.41) is 5.39. The van der Waals surface area contributed by atoms with E-state index in [1.165, 1.54) is 0 Å². The van der Waals surface area contributed by atoms with E-state index in [9.17, 15) is 0 Å². The number of rotatable bonds is 4. The highest BCUT2D eigenvalue weighted by molar-refractivity contribution is 7.98. The van der Waals surface area contributed by atoms with Crippen molar-refractivity contribution in [3.8, 4) is 0 Å². The maximum atomic E-state index is 5.36. The molecule has 0 aliphatic heterocycles. The average Bonchev–Trinajstić information content (AvgIpc) is 2.64. The summed E-state index contributed by atoms with van der Waals surface area (Å²) >= 11 is 1.66. The minimum atomic E-state index is 0.638. The highest BCUT2D eigenvalue weighted by atomic mass is 32.2. The van der Waals surface area contributed by atoms with Gasteiger partial charge in [-0.15, -0.1) is 0 Å². The Morgan fingerprint density at radius 3 is 2.67 bits per heavy atom. The van der Waals surface area contributed by atoms with Gasteiger partial charge in [-0.25, -0.2) is 15.8 Å². The second-order valence-electron chi connectivity index (χ2n) is 3.99. The van der Waals surface area contributed by atoms with E-state index >= 15 is 0 Å². The van der Waals surface area contributed by atoms with Gasteiger partial charge in [0.1, 0.15) is 11.6 Å². The number of nitrogens with one attached hydrogen (secondary N) is 1. The van der Waals surface area contributed by atoms with E-state index < -0.39 is 0 Å². The molecular weight excluding hydrogens is 248 g/mol. The third-order valence-electron chi connectivity index (χ3n) is 2.36. The number of aromatic nitrogens is 4. The summed E-state index contributed by atoms with van der Waals surface area (Å²) in [7, 11) is 1.93. The lowest BCUT2D eigenvalue weighted by molar-refractivity contribution is 0.692. The first-order valence-electron chi connectivity index (χ1n) is 5.53. The van der Waals surface area contributed by atoms with Gasteiger partial charge in [-0.2, -0.15) is 5.10 Å². The predicted octanol–water partition coefficient (Wildman–Crippen LogP) is 1.40. The number of aryl methyl sites for hydroxylation is 3. The Bertz CT molecular complexity index is 550. The lowest BCUT2D eigenvalue weighted by Crippen LogP contribution is -2.10. The molecule has 2 aromatic heterocycles. The number of nitrogens with zero attached hydrogens (tertiary/aromatic N) is 4. The van der Waals surface area contributed by atoms with Crippen molar-refractivity contribution in [2.75, 3.05) is 5.43 Å². The van der Waals surface area contributed by atoms with Crippen molar-refractivity contribution in [2.45, 2.75) is 24.6 Å². The highest BCUT2D eigenvalue weighted by Gasteiger charge is 2.06. The summed E-state index contributed by atoms with van der Waals surface area (Å²) in [4.78, 5) is 8.68. The molecule has 0 unspecified atom stereocenters. The fourth-order valence-corrected chi connectivity index (χ4v) is 2.52. The van der Waals surface area contributed by atoms with Crippen molar-refractivity contribution >= 4 is 17.6 Å². The van der Waals surface area contributed by atoms with Crippen LogP contribution in [-0.4, -0.2) is 19.7 Å². The zero-order chi connectivity index (χ0) is 13.1. The first-order chi connectivity index (χ1) is 8.58. The molecule has 0 radical (unpaired) electrons. The molecule has 0 atom stereocenters. The van der Waals surface area contributed by atoms with Gasteiger partial charge in [-0.05, 0) is 19.9 Å². The molecule has 0 saturated carbocycles. The van der Waals surface area contributed by atoms with Gasteiger partial charge in [0.2, 0.25) is 0 Å². The number of nitrogen functional groups attached to an aromatic ring is 1. The SMILES string of the molecule is Cc1cc(NN)nc(CSc2cc(C)nn2C)n1. The third-order valence-corrected chi connectivity index (χ3v) is 3.44. The molecule has 0 aliphatic carbocycles. The van der Waals surface area contributed by atoms with E-state index in [1.54, 1.807) is 11.8 Å². The summed E-state index contributed by atoms with van der Waals surface area (Å²) in [5.41, 5.74) is 4.45. The Labute approximate surface area is 110 Å². The quantitative estimate of drug-likeness (QED) is 0.493. The van der Waals surface area contributed by atoms with Crippen molar-refractivity contribution in [3.63, 3.8) is 0 Å². The van der Waals surface area contributed by atoms with Crippen LogP contribution in [0.1, 0.15) is 17.2 Å². The van der Waals surface area contributed by atoms with Crippen LogP contribution < -0.4 is 11.3 Å². The lowest BCUT2D eigenvalue weighted by Gasteiger charge is -2.05. The largest absolute Gasteiger partial charge is 0.308 e. The van der Waals surface area contributed by atoms with Gasteiger partial charge in [0.25, 0.3) is 0 Å². The van der Waals surface area contributed by atoms with Crippen molar-refractivity contribution in [1.82, 2.24) is 19.7 Å². The Morgan fingerprint density at radius 2 is 2.06 bits per heavy atom. The van der Waals surface area contributed by atoms with Crippen LogP contribution in [-0.2, 0) is 12.8 Å². The zero-order valence-electron chi connectivity index (χ0n) is 10.6. The van der Waals surface area contributed by atoms with Crippen molar-refractivity contribution < 1.29 is 0 Å². The molecule has 18 heavy (non-hydrogen) atoms. The Morgan fingerprint density at radius 1 is 1.28 bits per heavy atom. The van der Waals surface area contributed by atoms with Gasteiger partial charge in [0, 0.05) is 18.8 Å². The lowest BCUT2D eigenvalue weighted by atomic mass is 10.4. The molecule has 0 bridgehead atoms. The van der Waals surface area contributed by atoms with Crippen LogP contribution in [0.25, 0.3) is 0 Å². The minimum Gasteiger partial charge on any atom is -0.308 e. The van der Waals surface area contributed by atoms with Crippen LogP contribution in [0.5, 0.6) is 0 Å². The smallest absolute Gasteiger partial charge is 0.143 e. The standard InChI is InChI=1S/C11H16N6S/c1-7-4-9(15-12)14-10(13-7)6-18-11-5-8(2)16-17(11)3/h4-5H,6,12H2,1-3H3,(H,13,14,15). The van der Waals surface area contributed by atoms with Gasteiger partial charge in [-0.3, -0.25) is 4.68 Å². The number of hydrogen-bond donors (Lipinski definition) is 2. The van der Waals surface area contributed by atoms with E-state index in [2.05, 4.69) is 20.5 Å². The van der Waals surface area contributed by atoms with E-state index in [0.717, 1.165) is 22.2 Å². The first-order valence-corrected chi connectivity index (χ1v) is 6.51. The molecule has 2 heterocycles. The fourth-order valence-electron chi connectivity index (χ4n) is 1.63. The number of nitrogens with two attached hydrogens (primary N) is 1. The highest BCUT2D eigenvalue weighted by Crippen LogP contribution is 2.22. The van der Waals surface area contributed by atoms with Crippen molar-refractivity contribution in [3.05, 3.63) is 29.3 Å². The third kappa shape index (κ3) is 2.99. The van der Waals surface area contributed by atoms with Crippen molar-refractivity contribution in [1.29, 1.82) is 0 Å². The van der Waals surface area contributed by atoms with E-state index in [0.29, 0.717) is 11.6 Å². The van der Waals surface area contributed by atoms with E-state index in [4.69, 9.17) is 5.84 Å². The molecule has 0 saturated heterocycles. The van der Waals surface area contributed by atoms with Gasteiger partial charge in [0.05, 0.1) is 16.5 Å². The molecule has 0 aromatic carbocycles. The molecule has 2 aromatic rings. The monoisotopic (exact) mass is 264 g/mol. The minimum absolute atomic E-state index is 0.638. The van der Waals surface area contributed by atoms with Crippen LogP contribution in [0.3, 0.4) is 0 Å². The summed E-state index contributed by atoms with van der Waals surface area (Å²) in [6, 6.07) is 3.85. The van der Waals surface area contributed by atoms with Crippen LogP contribution >= 0.6 is 11.8 Å². The number of thioether (sulfide) groups is 1. The Hall–Kier alpha value is -1.60. The normalized spacial score (nSPS) is 10.7. The zero-order valence-corrected chi connectivity index (χ0v) is 11.5. The molecule has 96 valence electrons. The molecule has 3 N–H and O–H groups in total. The molecule has 0 fully saturated rings. The molecule has 6 nitrogen and oxygen atoms in total. The number of hydrazine groups is 1. The van der Waals surface area contributed by atoms with Crippen molar-refractivity contribution in [2.24, 2.45) is 12.9 Å². The summed E-state index contributed by atoms with van der Waals surface area (Å²) in [5.74, 6) is 7.45. The predicted molar refractivity (Wildman–Crippen MR) is 72.1 cm³/mol. The fraction of sp³-hybridized carbons (Fsp3) is 0.364. The number of hydrogen-bond acceptors (Lipinski definition) is 6. The van der Waals surface area contributed by atoms with Gasteiger partial charge < -0.3 is 5.43 Å². The van der Waals surface area contributed by atoms with E-state index in [1.807, 2.05) is 37.7 Å². The van der Waals surface area contributed by atoms with Crippen LogP contribution in [0.2, 0.25) is 0 Å². The van der Waals surface area contributed by atoms with Gasteiger partial charge in [-0.1, -0.05) is 11.8 Å². The molecule has 0 aliphatic rings. The molecule has 0 amide bonds. The van der Waals surface area contributed by atoms with Crippen LogP contribution in [0.15, 0.2) is 17.2 Å². The summed E-state index contributed by atoms with van der Waals surface area (Å²) in [6.07, 6.45) is 0. The second kappa shape index (κ2) is 5.36. The average molecular weight is 264 g/mol.